The Morgan fingerprint density at radius 1 is 1.35 bits per heavy atom. The molecule has 0 aliphatic heterocycles. The number of hydrogen-bond acceptors (Lipinski definition) is 4. The highest BCUT2D eigenvalue weighted by Gasteiger charge is 2.06. The summed E-state index contributed by atoms with van der Waals surface area (Å²) in [6.45, 7) is 3.76. The summed E-state index contributed by atoms with van der Waals surface area (Å²) in [4.78, 5) is 22.5. The average Bonchev–Trinajstić information content (AvgIpc) is 2.21. The highest BCUT2D eigenvalue weighted by molar-refractivity contribution is 9.10. The first-order valence-corrected chi connectivity index (χ1v) is 6.53. The van der Waals surface area contributed by atoms with E-state index in [-0.39, 0.29) is 5.56 Å². The third-order valence-electron chi connectivity index (χ3n) is 1.99. The maximum Gasteiger partial charge on any atom is 0.251 e. The highest BCUT2D eigenvalue weighted by Crippen LogP contribution is 2.29. The van der Waals surface area contributed by atoms with Crippen molar-refractivity contribution in [2.45, 2.75) is 24.0 Å². The molecule has 0 saturated carbocycles. The molecule has 0 aromatic carbocycles. The van der Waals surface area contributed by atoms with Gasteiger partial charge in [-0.3, -0.25) is 4.79 Å². The molecule has 6 heteroatoms. The van der Waals surface area contributed by atoms with Gasteiger partial charge in [0.1, 0.15) is 5.03 Å². The van der Waals surface area contributed by atoms with Gasteiger partial charge in [0.15, 0.2) is 5.16 Å². The van der Waals surface area contributed by atoms with Gasteiger partial charge < -0.3 is 4.98 Å². The summed E-state index contributed by atoms with van der Waals surface area (Å²) in [5, 5.41) is 1.33. The Hall–Kier alpha value is -1.14. The molecule has 0 bridgehead atoms. The number of aryl methyl sites for hydroxylation is 2. The Morgan fingerprint density at radius 3 is 2.76 bits per heavy atom. The van der Waals surface area contributed by atoms with Crippen molar-refractivity contribution in [2.75, 3.05) is 0 Å². The zero-order chi connectivity index (χ0) is 12.4. The molecule has 2 rings (SSSR count). The fraction of sp³-hybridized carbons (Fsp3) is 0.182. The van der Waals surface area contributed by atoms with Gasteiger partial charge in [-0.15, -0.1) is 0 Å². The molecule has 0 fully saturated rings. The average molecular weight is 312 g/mol. The third kappa shape index (κ3) is 3.17. The van der Waals surface area contributed by atoms with E-state index in [1.807, 2.05) is 13.0 Å². The largest absolute Gasteiger partial charge is 0.301 e. The minimum Gasteiger partial charge on any atom is -0.301 e. The number of nitrogens with zero attached hydrogens (tertiary/aromatic N) is 2. The van der Waals surface area contributed by atoms with Crippen molar-refractivity contribution < 1.29 is 0 Å². The molecule has 1 N–H and O–H groups in total. The Labute approximate surface area is 111 Å². The molecule has 0 radical (unpaired) electrons. The highest BCUT2D eigenvalue weighted by atomic mass is 79.9. The fourth-order valence-corrected chi connectivity index (χ4v) is 2.78. The summed E-state index contributed by atoms with van der Waals surface area (Å²) in [7, 11) is 0. The SMILES string of the molecule is Cc1cnc(Sc2nc(C)cc(=O)[nH]2)c(Br)c1. The summed E-state index contributed by atoms with van der Waals surface area (Å²) in [6, 6.07) is 3.44. The third-order valence-corrected chi connectivity index (χ3v) is 3.76. The van der Waals surface area contributed by atoms with Crippen molar-refractivity contribution in [1.82, 2.24) is 15.0 Å². The van der Waals surface area contributed by atoms with E-state index in [1.165, 1.54) is 17.8 Å². The van der Waals surface area contributed by atoms with Crippen molar-refractivity contribution in [2.24, 2.45) is 0 Å². The van der Waals surface area contributed by atoms with Crippen LogP contribution in [0.1, 0.15) is 11.3 Å². The molecular weight excluding hydrogens is 302 g/mol. The van der Waals surface area contributed by atoms with Crippen LogP contribution in [0.15, 0.2) is 37.8 Å². The van der Waals surface area contributed by atoms with Crippen LogP contribution in [0, 0.1) is 13.8 Å². The van der Waals surface area contributed by atoms with Gasteiger partial charge >= 0.3 is 0 Å². The van der Waals surface area contributed by atoms with E-state index in [9.17, 15) is 4.79 Å². The summed E-state index contributed by atoms with van der Waals surface area (Å²) >= 11 is 4.77. The maximum absolute atomic E-state index is 11.3. The van der Waals surface area contributed by atoms with Crippen LogP contribution in [0.5, 0.6) is 0 Å². The quantitative estimate of drug-likeness (QED) is 0.866. The number of pyridine rings is 1. The van der Waals surface area contributed by atoms with E-state index in [0.717, 1.165) is 15.1 Å². The summed E-state index contributed by atoms with van der Waals surface area (Å²) in [6.07, 6.45) is 1.78. The first-order valence-electron chi connectivity index (χ1n) is 4.92. The van der Waals surface area contributed by atoms with Gasteiger partial charge in [0.05, 0.1) is 4.47 Å². The molecule has 0 aliphatic carbocycles. The number of hydrogen-bond donors (Lipinski definition) is 1. The van der Waals surface area contributed by atoms with E-state index >= 15 is 0 Å². The maximum atomic E-state index is 11.3. The van der Waals surface area contributed by atoms with Gasteiger partial charge in [-0.1, -0.05) is 0 Å². The fourth-order valence-electron chi connectivity index (χ4n) is 1.29. The minimum atomic E-state index is -0.150. The lowest BCUT2D eigenvalue weighted by Crippen LogP contribution is -2.08. The first-order chi connectivity index (χ1) is 8.04. The molecule has 17 heavy (non-hydrogen) atoms. The molecular formula is C11H10BrN3OS. The molecule has 0 saturated heterocycles. The van der Waals surface area contributed by atoms with Crippen LogP contribution < -0.4 is 5.56 Å². The molecule has 88 valence electrons. The predicted octanol–water partition coefficient (Wildman–Crippen LogP) is 2.70. The van der Waals surface area contributed by atoms with E-state index in [2.05, 4.69) is 30.9 Å². The second-order valence-electron chi connectivity index (χ2n) is 3.59. The van der Waals surface area contributed by atoms with Crippen LogP contribution in [0.3, 0.4) is 0 Å². The van der Waals surface area contributed by atoms with Gasteiger partial charge in [-0.05, 0) is 53.2 Å². The Bertz CT molecular complexity index is 612. The van der Waals surface area contributed by atoms with Crippen molar-refractivity contribution in [1.29, 1.82) is 0 Å². The lowest BCUT2D eigenvalue weighted by Gasteiger charge is -2.03. The molecule has 0 aliphatic rings. The zero-order valence-electron chi connectivity index (χ0n) is 9.32. The van der Waals surface area contributed by atoms with Crippen LogP contribution in [0.25, 0.3) is 0 Å². The summed E-state index contributed by atoms with van der Waals surface area (Å²) in [5.41, 5.74) is 1.62. The van der Waals surface area contributed by atoms with E-state index in [0.29, 0.717) is 10.9 Å². The van der Waals surface area contributed by atoms with E-state index in [1.54, 1.807) is 13.1 Å². The number of nitrogens with one attached hydrogen (secondary N) is 1. The first kappa shape index (κ1) is 12.3. The van der Waals surface area contributed by atoms with Crippen LogP contribution in [0.2, 0.25) is 0 Å². The number of H-pyrrole nitrogens is 1. The van der Waals surface area contributed by atoms with Crippen LogP contribution in [-0.2, 0) is 0 Å². The zero-order valence-corrected chi connectivity index (χ0v) is 11.7. The Morgan fingerprint density at radius 2 is 2.12 bits per heavy atom. The van der Waals surface area contributed by atoms with Crippen molar-refractivity contribution >= 4 is 27.7 Å². The van der Waals surface area contributed by atoms with Gasteiger partial charge in [0.25, 0.3) is 5.56 Å². The summed E-state index contributed by atoms with van der Waals surface area (Å²) in [5.74, 6) is 0. The summed E-state index contributed by atoms with van der Waals surface area (Å²) < 4.78 is 0.895. The molecule has 0 unspecified atom stereocenters. The van der Waals surface area contributed by atoms with Gasteiger partial charge in [-0.2, -0.15) is 0 Å². The number of rotatable bonds is 2. The Kier molecular flexibility index (Phi) is 3.63. The van der Waals surface area contributed by atoms with Gasteiger partial charge in [-0.25, -0.2) is 9.97 Å². The second-order valence-corrected chi connectivity index (χ2v) is 5.43. The molecule has 2 aromatic heterocycles. The molecule has 0 amide bonds. The van der Waals surface area contributed by atoms with Crippen molar-refractivity contribution in [3.63, 3.8) is 0 Å². The smallest absolute Gasteiger partial charge is 0.251 e. The molecule has 0 spiro atoms. The number of aromatic nitrogens is 3. The van der Waals surface area contributed by atoms with Crippen LogP contribution in [-0.4, -0.2) is 15.0 Å². The predicted molar refractivity (Wildman–Crippen MR) is 70.4 cm³/mol. The van der Waals surface area contributed by atoms with E-state index < -0.39 is 0 Å². The molecule has 0 atom stereocenters. The lowest BCUT2D eigenvalue weighted by atomic mass is 10.3. The topological polar surface area (TPSA) is 58.6 Å². The van der Waals surface area contributed by atoms with Crippen molar-refractivity contribution in [3.8, 4) is 0 Å². The molecule has 4 nitrogen and oxygen atoms in total. The van der Waals surface area contributed by atoms with Gasteiger partial charge in [0.2, 0.25) is 0 Å². The van der Waals surface area contributed by atoms with Crippen LogP contribution in [0.4, 0.5) is 0 Å². The Balaban J connectivity index is 2.34. The monoisotopic (exact) mass is 311 g/mol. The second kappa shape index (κ2) is 5.01. The normalized spacial score (nSPS) is 10.5. The molecule has 2 aromatic rings. The standard InChI is InChI=1S/C11H10BrN3OS/c1-6-3-8(12)10(13-5-6)17-11-14-7(2)4-9(16)15-11/h3-5H,1-2H3,(H,14,15,16). The van der Waals surface area contributed by atoms with Crippen LogP contribution >= 0.6 is 27.7 Å². The van der Waals surface area contributed by atoms with E-state index in [4.69, 9.17) is 0 Å². The van der Waals surface area contributed by atoms with Crippen molar-refractivity contribution in [3.05, 3.63) is 44.4 Å². The van der Waals surface area contributed by atoms with Gasteiger partial charge in [0, 0.05) is 18.0 Å². The molecule has 2 heterocycles. The lowest BCUT2D eigenvalue weighted by molar-refractivity contribution is 0.900. The number of aromatic amines is 1. The minimum absolute atomic E-state index is 0.150. The number of halogens is 1.